The molecule has 0 aliphatic heterocycles. The molecule has 0 bridgehead atoms. The summed E-state index contributed by atoms with van der Waals surface area (Å²) < 4.78 is 0. The van der Waals surface area contributed by atoms with Crippen LogP contribution < -0.4 is 6.15 Å². The van der Waals surface area contributed by atoms with Crippen molar-refractivity contribution >= 4 is 5.97 Å². The van der Waals surface area contributed by atoms with Crippen molar-refractivity contribution in [3.05, 3.63) is 0 Å². The van der Waals surface area contributed by atoms with Crippen molar-refractivity contribution in [2.75, 3.05) is 0 Å². The normalized spacial score (nSPS) is 10.2. The van der Waals surface area contributed by atoms with E-state index in [9.17, 15) is 4.79 Å². The third-order valence-corrected chi connectivity index (χ3v) is 0.357. The number of aliphatic carboxylic acids is 1. The summed E-state index contributed by atoms with van der Waals surface area (Å²) >= 11 is 0. The molecule has 0 aromatic rings. The monoisotopic (exact) mass is 247 g/mol. The first-order valence-corrected chi connectivity index (χ1v) is 1.55. The fourth-order valence-electron chi connectivity index (χ4n) is 0. The Kier molecular flexibility index (Phi) is 15.4. The van der Waals surface area contributed by atoms with Crippen molar-refractivity contribution in [2.45, 2.75) is 13.0 Å². The molecule has 8 heavy (non-hydrogen) atoms. The Balaban J connectivity index is -0.000000125. The Labute approximate surface area is 81.2 Å². The average Bonchev–Trinajstić information content (AvgIpc) is 1.36. The zero-order chi connectivity index (χ0) is 5.15. The van der Waals surface area contributed by atoms with E-state index in [0.717, 1.165) is 0 Å². The smallest absolute Gasteiger partial charge is 0.332 e. The van der Waals surface area contributed by atoms with Gasteiger partial charge in [0.05, 0.1) is 0 Å². The van der Waals surface area contributed by atoms with Crippen molar-refractivity contribution in [2.24, 2.45) is 0 Å². The van der Waals surface area contributed by atoms with E-state index < -0.39 is 12.1 Å². The second-order valence-electron chi connectivity index (χ2n) is 1.01. The molecule has 0 amide bonds. The van der Waals surface area contributed by atoms with Crippen molar-refractivity contribution in [3.63, 3.8) is 0 Å². The molecule has 0 radical (unpaired) electrons. The van der Waals surface area contributed by atoms with Crippen LogP contribution in [0.1, 0.15) is 6.92 Å². The van der Waals surface area contributed by atoms with Gasteiger partial charge in [0.1, 0.15) is 6.10 Å². The number of aliphatic hydroxyl groups is 1. The first kappa shape index (κ1) is 15.9. The fraction of sp³-hybridized carbons (Fsp3) is 0.667. The fourth-order valence-corrected chi connectivity index (χ4v) is 0. The van der Waals surface area contributed by atoms with Gasteiger partial charge in [-0.05, 0) is 6.92 Å². The van der Waals surface area contributed by atoms with Crippen LogP contribution in [-0.4, -0.2) is 22.3 Å². The minimum absolute atomic E-state index is 0. The summed E-state index contributed by atoms with van der Waals surface area (Å²) in [5, 5.41) is 15.8. The standard InChI is InChI=1S/C3H6O3.Ce.H3N/c1-2(4)3(5)6;;/h2,4H,1H3,(H,5,6);;1H3. The Morgan fingerprint density at radius 3 is 1.75 bits per heavy atom. The maximum Gasteiger partial charge on any atom is 0.332 e. The minimum Gasteiger partial charge on any atom is -0.479 e. The van der Waals surface area contributed by atoms with Crippen LogP contribution in [0.4, 0.5) is 0 Å². The van der Waals surface area contributed by atoms with Crippen molar-refractivity contribution in [1.82, 2.24) is 6.15 Å². The van der Waals surface area contributed by atoms with Gasteiger partial charge in [-0.15, -0.1) is 0 Å². The van der Waals surface area contributed by atoms with E-state index in [-0.39, 0.29) is 47.9 Å². The molecule has 0 heterocycles. The van der Waals surface area contributed by atoms with E-state index >= 15 is 0 Å². The van der Waals surface area contributed by atoms with Crippen LogP contribution in [-0.2, 0) is 4.79 Å². The second kappa shape index (κ2) is 7.77. The predicted molar refractivity (Wildman–Crippen MR) is 24.3 cm³/mol. The summed E-state index contributed by atoms with van der Waals surface area (Å²) in [7, 11) is 0. The molecule has 0 spiro atoms. The van der Waals surface area contributed by atoms with Gasteiger partial charge in [-0.25, -0.2) is 4.79 Å². The van der Waals surface area contributed by atoms with Crippen molar-refractivity contribution < 1.29 is 56.8 Å². The van der Waals surface area contributed by atoms with Gasteiger partial charge in [-0.2, -0.15) is 0 Å². The van der Waals surface area contributed by atoms with Crippen LogP contribution >= 0.6 is 0 Å². The van der Waals surface area contributed by atoms with Crippen LogP contribution in [0.25, 0.3) is 0 Å². The number of hydrogen-bond acceptors (Lipinski definition) is 3. The van der Waals surface area contributed by atoms with E-state index in [2.05, 4.69) is 0 Å². The number of carboxylic acid groups (broad SMARTS) is 1. The van der Waals surface area contributed by atoms with Gasteiger partial charge < -0.3 is 16.4 Å². The number of carbonyl (C=O) groups is 1. The maximum atomic E-state index is 9.45. The molecule has 1 atom stereocenters. The van der Waals surface area contributed by atoms with Crippen LogP contribution in [0, 0.1) is 41.7 Å². The number of carboxylic acids is 1. The molecular formula is C3H9CeNO3. The van der Waals surface area contributed by atoms with E-state index in [1.54, 1.807) is 0 Å². The Morgan fingerprint density at radius 2 is 1.75 bits per heavy atom. The molecule has 0 aromatic heterocycles. The molecule has 0 aromatic carbocycles. The minimum atomic E-state index is -1.23. The summed E-state index contributed by atoms with van der Waals surface area (Å²) in [6.07, 6.45) is -1.23. The van der Waals surface area contributed by atoms with Crippen LogP contribution in [0.15, 0.2) is 0 Å². The van der Waals surface area contributed by atoms with Crippen LogP contribution in [0.5, 0.6) is 0 Å². The zero-order valence-electron chi connectivity index (χ0n) is 4.59. The topological polar surface area (TPSA) is 92.5 Å². The molecule has 0 aliphatic carbocycles. The molecule has 0 aliphatic rings. The second-order valence-corrected chi connectivity index (χ2v) is 1.01. The predicted octanol–water partition coefficient (Wildman–Crippen LogP) is -0.386. The summed E-state index contributed by atoms with van der Waals surface area (Å²) in [5.41, 5.74) is 0. The van der Waals surface area contributed by atoms with Crippen molar-refractivity contribution in [3.8, 4) is 0 Å². The quantitative estimate of drug-likeness (QED) is 0.588. The molecular weight excluding hydrogens is 238 g/mol. The summed E-state index contributed by atoms with van der Waals surface area (Å²) in [5.74, 6) is -1.19. The van der Waals surface area contributed by atoms with Gasteiger partial charge >= 0.3 is 5.97 Å². The average molecular weight is 247 g/mol. The largest absolute Gasteiger partial charge is 0.479 e. The van der Waals surface area contributed by atoms with Gasteiger partial charge in [0.15, 0.2) is 0 Å². The van der Waals surface area contributed by atoms with E-state index in [1.165, 1.54) is 6.92 Å². The molecule has 0 saturated carbocycles. The van der Waals surface area contributed by atoms with E-state index in [1.807, 2.05) is 0 Å². The van der Waals surface area contributed by atoms with Gasteiger partial charge in [0, 0.05) is 41.7 Å². The first-order valence-electron chi connectivity index (χ1n) is 1.55. The SMILES string of the molecule is CC(O)C(=O)O.N.[Ce]. The Bertz CT molecular complexity index is 65.5. The van der Waals surface area contributed by atoms with E-state index in [0.29, 0.717) is 0 Å². The van der Waals surface area contributed by atoms with Crippen LogP contribution in [0.2, 0.25) is 0 Å². The Hall–Kier alpha value is 0.767. The van der Waals surface area contributed by atoms with Gasteiger partial charge in [0.25, 0.3) is 0 Å². The number of hydrogen-bond donors (Lipinski definition) is 3. The first-order chi connectivity index (χ1) is 2.64. The molecule has 1 unspecified atom stereocenters. The molecule has 5 heteroatoms. The summed E-state index contributed by atoms with van der Waals surface area (Å²) in [4.78, 5) is 9.45. The molecule has 0 saturated heterocycles. The van der Waals surface area contributed by atoms with Gasteiger partial charge in [-0.1, -0.05) is 0 Å². The maximum absolute atomic E-state index is 9.45. The Morgan fingerprint density at radius 1 is 1.62 bits per heavy atom. The molecule has 5 N–H and O–H groups in total. The molecule has 0 fully saturated rings. The van der Waals surface area contributed by atoms with E-state index in [4.69, 9.17) is 10.2 Å². The third-order valence-electron chi connectivity index (χ3n) is 0.357. The number of rotatable bonds is 1. The molecule has 48 valence electrons. The molecule has 4 nitrogen and oxygen atoms in total. The third kappa shape index (κ3) is 9.90. The number of aliphatic hydroxyl groups excluding tert-OH is 1. The zero-order valence-corrected chi connectivity index (χ0v) is 7.73. The van der Waals surface area contributed by atoms with Crippen molar-refractivity contribution in [1.29, 1.82) is 0 Å². The van der Waals surface area contributed by atoms with Crippen LogP contribution in [0.3, 0.4) is 0 Å². The summed E-state index contributed by atoms with van der Waals surface area (Å²) in [6, 6.07) is 0. The summed E-state index contributed by atoms with van der Waals surface area (Å²) in [6.45, 7) is 1.20. The van der Waals surface area contributed by atoms with Gasteiger partial charge in [0.2, 0.25) is 0 Å². The van der Waals surface area contributed by atoms with Gasteiger partial charge in [-0.3, -0.25) is 0 Å². The molecule has 0 rings (SSSR count).